The minimum absolute atomic E-state index is 0.183. The van der Waals surface area contributed by atoms with Gasteiger partial charge in [-0.15, -0.1) is 0 Å². The van der Waals surface area contributed by atoms with Crippen LogP contribution in [0.25, 0.3) is 0 Å². The van der Waals surface area contributed by atoms with E-state index in [9.17, 15) is 4.79 Å². The molecule has 0 radical (unpaired) electrons. The highest BCUT2D eigenvalue weighted by Crippen LogP contribution is 2.24. The molecule has 0 amide bonds. The van der Waals surface area contributed by atoms with Crippen molar-refractivity contribution in [3.8, 4) is 0 Å². The lowest BCUT2D eigenvalue weighted by molar-refractivity contribution is -0.149. The molecule has 0 aromatic rings. The Bertz CT molecular complexity index is 292. The number of carbonyl (C=O) groups excluding carboxylic acids is 1. The second-order valence-corrected chi connectivity index (χ2v) is 6.37. The molecule has 0 aromatic heterocycles. The van der Waals surface area contributed by atoms with E-state index < -0.39 is 5.54 Å². The summed E-state index contributed by atoms with van der Waals surface area (Å²) in [6, 6.07) is 0.479. The fourth-order valence-electron chi connectivity index (χ4n) is 2.50. The zero-order valence-corrected chi connectivity index (χ0v) is 14.1. The van der Waals surface area contributed by atoms with E-state index in [2.05, 4.69) is 12.2 Å². The first-order chi connectivity index (χ1) is 10.1. The van der Waals surface area contributed by atoms with Crippen LogP contribution >= 0.6 is 0 Å². The Balaban J connectivity index is 2.08. The van der Waals surface area contributed by atoms with E-state index in [1.54, 1.807) is 0 Å². The summed E-state index contributed by atoms with van der Waals surface area (Å²) in [7, 11) is 1.45. The normalized spacial score (nSPS) is 17.5. The predicted molar refractivity (Wildman–Crippen MR) is 85.4 cm³/mol. The number of carbonyl (C=O) groups is 1. The monoisotopic (exact) mass is 299 g/mol. The van der Waals surface area contributed by atoms with Crippen LogP contribution in [0.5, 0.6) is 0 Å². The number of ether oxygens (including phenoxy) is 2. The van der Waals surface area contributed by atoms with Crippen LogP contribution in [-0.2, 0) is 14.3 Å². The highest BCUT2D eigenvalue weighted by atomic mass is 16.5. The molecule has 0 aliphatic heterocycles. The third kappa shape index (κ3) is 7.82. The first-order valence-corrected chi connectivity index (χ1v) is 8.56. The molecule has 0 aromatic carbocycles. The fraction of sp³-hybridized carbons (Fsp3) is 0.941. The van der Waals surface area contributed by atoms with Crippen molar-refractivity contribution in [1.29, 1.82) is 0 Å². The molecule has 1 atom stereocenters. The van der Waals surface area contributed by atoms with Crippen molar-refractivity contribution in [2.24, 2.45) is 0 Å². The topological polar surface area (TPSA) is 47.6 Å². The van der Waals surface area contributed by atoms with Crippen LogP contribution in [0.2, 0.25) is 0 Å². The van der Waals surface area contributed by atoms with E-state index in [-0.39, 0.29) is 5.97 Å². The maximum Gasteiger partial charge on any atom is 0.325 e. The van der Waals surface area contributed by atoms with Crippen LogP contribution in [0.4, 0.5) is 0 Å². The Morgan fingerprint density at radius 3 is 2.43 bits per heavy atom. The maximum absolute atomic E-state index is 11.9. The van der Waals surface area contributed by atoms with Gasteiger partial charge in [-0.25, -0.2) is 0 Å². The molecule has 0 bridgehead atoms. The average molecular weight is 299 g/mol. The number of esters is 1. The third-order valence-electron chi connectivity index (χ3n) is 4.12. The van der Waals surface area contributed by atoms with E-state index in [1.807, 2.05) is 6.92 Å². The standard InChI is InChI=1S/C17H33NO3/c1-4-5-6-7-8-9-13-21-14-12-17(2,16(19)20-3)18-15-10-11-15/h15,18H,4-14H2,1-3H3. The quantitative estimate of drug-likeness (QED) is 0.418. The molecule has 1 aliphatic carbocycles. The van der Waals surface area contributed by atoms with Gasteiger partial charge in [-0.05, 0) is 32.6 Å². The number of nitrogens with one attached hydrogen (secondary N) is 1. The summed E-state index contributed by atoms with van der Waals surface area (Å²) in [5, 5.41) is 3.39. The summed E-state index contributed by atoms with van der Waals surface area (Å²) in [4.78, 5) is 11.9. The molecule has 4 heteroatoms. The van der Waals surface area contributed by atoms with Crippen LogP contribution in [0.15, 0.2) is 0 Å². The molecule has 1 saturated carbocycles. The largest absolute Gasteiger partial charge is 0.468 e. The van der Waals surface area contributed by atoms with E-state index in [4.69, 9.17) is 9.47 Å². The Morgan fingerprint density at radius 2 is 1.81 bits per heavy atom. The van der Waals surface area contributed by atoms with Crippen molar-refractivity contribution in [2.45, 2.75) is 83.2 Å². The van der Waals surface area contributed by atoms with Gasteiger partial charge < -0.3 is 9.47 Å². The third-order valence-corrected chi connectivity index (χ3v) is 4.12. The summed E-state index contributed by atoms with van der Waals surface area (Å²) < 4.78 is 10.6. The Labute approximate surface area is 130 Å². The van der Waals surface area contributed by atoms with Crippen LogP contribution in [0, 0.1) is 0 Å². The van der Waals surface area contributed by atoms with E-state index in [0.717, 1.165) is 25.9 Å². The number of hydrogen-bond acceptors (Lipinski definition) is 4. The smallest absolute Gasteiger partial charge is 0.325 e. The van der Waals surface area contributed by atoms with Crippen LogP contribution in [-0.4, -0.2) is 37.9 Å². The summed E-state index contributed by atoms with van der Waals surface area (Å²) in [5.74, 6) is -0.183. The Morgan fingerprint density at radius 1 is 1.14 bits per heavy atom. The highest BCUT2D eigenvalue weighted by Gasteiger charge is 2.38. The fourth-order valence-corrected chi connectivity index (χ4v) is 2.50. The predicted octanol–water partition coefficient (Wildman–Crippen LogP) is 3.44. The molecule has 21 heavy (non-hydrogen) atoms. The summed E-state index contributed by atoms with van der Waals surface area (Å²) >= 11 is 0. The maximum atomic E-state index is 11.9. The zero-order valence-electron chi connectivity index (χ0n) is 14.1. The van der Waals surface area contributed by atoms with Crippen molar-refractivity contribution >= 4 is 5.97 Å². The lowest BCUT2D eigenvalue weighted by Gasteiger charge is -2.28. The Hall–Kier alpha value is -0.610. The van der Waals surface area contributed by atoms with Gasteiger partial charge in [0.1, 0.15) is 5.54 Å². The number of rotatable bonds is 13. The number of unbranched alkanes of at least 4 members (excludes halogenated alkanes) is 5. The molecule has 1 aliphatic rings. The summed E-state index contributed by atoms with van der Waals surface area (Å²) in [5.41, 5.74) is -0.600. The number of hydrogen-bond donors (Lipinski definition) is 1. The molecule has 0 heterocycles. The van der Waals surface area contributed by atoms with Crippen molar-refractivity contribution in [3.63, 3.8) is 0 Å². The van der Waals surface area contributed by atoms with Crippen LogP contribution in [0.3, 0.4) is 0 Å². The van der Waals surface area contributed by atoms with Gasteiger partial charge in [0.25, 0.3) is 0 Å². The lowest BCUT2D eigenvalue weighted by atomic mass is 9.98. The molecular formula is C17H33NO3. The summed E-state index contributed by atoms with van der Waals surface area (Å²) in [6.45, 7) is 5.56. The SMILES string of the molecule is CCCCCCCCOCCC(C)(NC1CC1)C(=O)OC. The van der Waals surface area contributed by atoms with Crippen LogP contribution < -0.4 is 5.32 Å². The van der Waals surface area contributed by atoms with Crippen molar-refractivity contribution < 1.29 is 14.3 Å². The van der Waals surface area contributed by atoms with Crippen LogP contribution in [0.1, 0.15) is 71.6 Å². The number of methoxy groups -OCH3 is 1. The van der Waals surface area contributed by atoms with Gasteiger partial charge in [0.15, 0.2) is 0 Å². The average Bonchev–Trinajstić information content (AvgIpc) is 3.28. The van der Waals surface area contributed by atoms with Gasteiger partial charge in [-0.2, -0.15) is 0 Å². The molecule has 124 valence electrons. The van der Waals surface area contributed by atoms with Gasteiger partial charge in [-0.1, -0.05) is 39.0 Å². The molecule has 1 unspecified atom stereocenters. The lowest BCUT2D eigenvalue weighted by Crippen LogP contribution is -2.52. The Kier molecular flexibility index (Phi) is 8.93. The summed E-state index contributed by atoms with van der Waals surface area (Å²) in [6.07, 6.45) is 10.6. The molecule has 0 saturated heterocycles. The van der Waals surface area contributed by atoms with Crippen molar-refractivity contribution in [2.75, 3.05) is 20.3 Å². The van der Waals surface area contributed by atoms with Crippen molar-refractivity contribution in [1.82, 2.24) is 5.32 Å². The van der Waals surface area contributed by atoms with Gasteiger partial charge >= 0.3 is 5.97 Å². The van der Waals surface area contributed by atoms with Crippen molar-refractivity contribution in [3.05, 3.63) is 0 Å². The van der Waals surface area contributed by atoms with Gasteiger partial charge in [-0.3, -0.25) is 10.1 Å². The van der Waals surface area contributed by atoms with E-state index in [0.29, 0.717) is 19.1 Å². The molecule has 0 spiro atoms. The van der Waals surface area contributed by atoms with Gasteiger partial charge in [0.2, 0.25) is 0 Å². The zero-order chi connectivity index (χ0) is 15.6. The first-order valence-electron chi connectivity index (χ1n) is 8.56. The van der Waals surface area contributed by atoms with E-state index >= 15 is 0 Å². The first kappa shape index (κ1) is 18.4. The molecule has 4 nitrogen and oxygen atoms in total. The minimum Gasteiger partial charge on any atom is -0.468 e. The molecule has 1 fully saturated rings. The molecule has 1 N–H and O–H groups in total. The molecule has 1 rings (SSSR count). The van der Waals surface area contributed by atoms with Gasteiger partial charge in [0, 0.05) is 19.3 Å². The minimum atomic E-state index is -0.600. The second-order valence-electron chi connectivity index (χ2n) is 6.37. The van der Waals surface area contributed by atoms with Gasteiger partial charge in [0.05, 0.1) is 7.11 Å². The second kappa shape index (κ2) is 10.2. The van der Waals surface area contributed by atoms with E-state index in [1.165, 1.54) is 39.2 Å². The molecular weight excluding hydrogens is 266 g/mol. The highest BCUT2D eigenvalue weighted by molar-refractivity contribution is 5.80.